The predicted molar refractivity (Wildman–Crippen MR) is 133 cm³/mol. The molecule has 1 saturated heterocycles. The molecule has 0 saturated carbocycles. The average Bonchev–Trinajstić information content (AvgIpc) is 3.12. The van der Waals surface area contributed by atoms with Crippen LogP contribution in [0.4, 0.5) is 0 Å². The number of nitrogens with zero attached hydrogens (tertiary/aromatic N) is 3. The van der Waals surface area contributed by atoms with E-state index in [1.54, 1.807) is 13.2 Å². The molecule has 0 bridgehead atoms. The van der Waals surface area contributed by atoms with Gasteiger partial charge in [0.25, 0.3) is 5.91 Å². The quantitative estimate of drug-likeness (QED) is 0.445. The van der Waals surface area contributed by atoms with Crippen molar-refractivity contribution in [1.82, 2.24) is 14.6 Å². The van der Waals surface area contributed by atoms with Gasteiger partial charge in [0.05, 0.1) is 29.1 Å². The number of hydrogen-bond donors (Lipinski definition) is 0. The van der Waals surface area contributed by atoms with Crippen molar-refractivity contribution in [1.29, 1.82) is 0 Å². The number of ether oxygens (including phenoxy) is 1. The number of fused-ring (bicyclic) bond motifs is 1. The van der Waals surface area contributed by atoms with Gasteiger partial charge in [0.15, 0.2) is 0 Å². The number of carbonyl (C=O) groups excluding carboxylic acids is 1. The summed E-state index contributed by atoms with van der Waals surface area (Å²) in [5.74, 6) is 0.866. The monoisotopic (exact) mass is 483 g/mol. The fourth-order valence-corrected chi connectivity index (χ4v) is 5.62. The van der Waals surface area contributed by atoms with Gasteiger partial charge in [-0.15, -0.1) is 0 Å². The molecule has 0 spiro atoms. The Morgan fingerprint density at radius 3 is 2.33 bits per heavy atom. The topological polar surface area (TPSA) is 37.7 Å². The van der Waals surface area contributed by atoms with E-state index in [1.807, 2.05) is 48.3 Å². The van der Waals surface area contributed by atoms with Gasteiger partial charge in [0.1, 0.15) is 5.75 Å². The molecule has 2 aliphatic rings. The maximum Gasteiger partial charge on any atom is 0.270 e. The summed E-state index contributed by atoms with van der Waals surface area (Å²) in [4.78, 5) is 13.8. The standard InChI is InChI=1S/C26H27Cl2N3O2/c1-17-24-23(12-15-30(26(24)32)29-13-4-3-5-14-29)31(22-11-8-19(27)16-21(22)28)25(17)18-6-9-20(33-2)10-7-18/h6-11,16H,3-5,12-15H2,1-2H3. The van der Waals surface area contributed by atoms with Crippen LogP contribution in [0.2, 0.25) is 10.0 Å². The van der Waals surface area contributed by atoms with Crippen LogP contribution in [-0.4, -0.2) is 47.2 Å². The molecule has 0 radical (unpaired) electrons. The lowest BCUT2D eigenvalue weighted by molar-refractivity contribution is -0.0237. The first-order valence-corrected chi connectivity index (χ1v) is 12.2. The molecule has 2 aromatic carbocycles. The molecular formula is C26H27Cl2N3O2. The molecule has 1 amide bonds. The van der Waals surface area contributed by atoms with Crippen molar-refractivity contribution in [2.45, 2.75) is 32.6 Å². The number of carbonyl (C=O) groups is 1. The number of benzene rings is 2. The zero-order chi connectivity index (χ0) is 23.1. The largest absolute Gasteiger partial charge is 0.497 e. The van der Waals surface area contributed by atoms with Gasteiger partial charge in [-0.05, 0) is 73.4 Å². The fraction of sp³-hybridized carbons (Fsp3) is 0.346. The summed E-state index contributed by atoms with van der Waals surface area (Å²) in [7, 11) is 1.66. The van der Waals surface area contributed by atoms with E-state index in [-0.39, 0.29) is 5.91 Å². The lowest BCUT2D eigenvalue weighted by atomic mass is 10.0. The predicted octanol–water partition coefficient (Wildman–Crippen LogP) is 6.17. The van der Waals surface area contributed by atoms with Gasteiger partial charge in [0, 0.05) is 36.8 Å². The molecule has 3 aromatic rings. The highest BCUT2D eigenvalue weighted by atomic mass is 35.5. The summed E-state index contributed by atoms with van der Waals surface area (Å²) in [6.45, 7) is 4.59. The molecule has 1 aromatic heterocycles. The third kappa shape index (κ3) is 3.92. The number of halogens is 2. The summed E-state index contributed by atoms with van der Waals surface area (Å²) in [5, 5.41) is 5.33. The van der Waals surface area contributed by atoms with Crippen LogP contribution in [0.5, 0.6) is 5.75 Å². The van der Waals surface area contributed by atoms with Gasteiger partial charge in [-0.2, -0.15) is 0 Å². The van der Waals surface area contributed by atoms with Gasteiger partial charge in [-0.25, -0.2) is 5.01 Å². The lowest BCUT2D eigenvalue weighted by Crippen LogP contribution is -2.51. The van der Waals surface area contributed by atoms with Crippen molar-refractivity contribution in [3.05, 3.63) is 69.3 Å². The molecule has 2 aliphatic heterocycles. The van der Waals surface area contributed by atoms with Crippen LogP contribution in [0.15, 0.2) is 42.5 Å². The maximum absolute atomic E-state index is 13.8. The number of rotatable bonds is 4. The second kappa shape index (κ2) is 9.05. The first-order chi connectivity index (χ1) is 16.0. The van der Waals surface area contributed by atoms with E-state index in [0.29, 0.717) is 16.6 Å². The van der Waals surface area contributed by atoms with E-state index in [4.69, 9.17) is 27.9 Å². The molecule has 5 rings (SSSR count). The molecule has 3 heterocycles. The van der Waals surface area contributed by atoms with E-state index in [1.165, 1.54) is 6.42 Å². The zero-order valence-corrected chi connectivity index (χ0v) is 20.4. The average molecular weight is 484 g/mol. The van der Waals surface area contributed by atoms with E-state index in [2.05, 4.69) is 9.58 Å². The third-order valence-corrected chi connectivity index (χ3v) is 7.25. The van der Waals surface area contributed by atoms with Crippen LogP contribution < -0.4 is 4.74 Å². The summed E-state index contributed by atoms with van der Waals surface area (Å²) in [6.07, 6.45) is 4.26. The molecule has 172 valence electrons. The number of methoxy groups -OCH3 is 1. The van der Waals surface area contributed by atoms with Crippen molar-refractivity contribution in [3.63, 3.8) is 0 Å². The highest BCUT2D eigenvalue weighted by Gasteiger charge is 2.36. The number of piperidine rings is 1. The van der Waals surface area contributed by atoms with Crippen LogP contribution in [0.1, 0.15) is 40.9 Å². The van der Waals surface area contributed by atoms with Crippen molar-refractivity contribution in [2.75, 3.05) is 26.7 Å². The summed E-state index contributed by atoms with van der Waals surface area (Å²) in [6, 6.07) is 13.5. The Kier molecular flexibility index (Phi) is 6.12. The Morgan fingerprint density at radius 1 is 0.939 bits per heavy atom. The molecular weight excluding hydrogens is 457 g/mol. The first kappa shape index (κ1) is 22.3. The SMILES string of the molecule is COc1ccc(-c2c(C)c3c(n2-c2ccc(Cl)cc2Cl)CCN(N2CCCCC2)C3=O)cc1. The Morgan fingerprint density at radius 2 is 1.67 bits per heavy atom. The molecule has 0 atom stereocenters. The molecule has 1 fully saturated rings. The highest BCUT2D eigenvalue weighted by molar-refractivity contribution is 6.35. The van der Waals surface area contributed by atoms with E-state index in [0.717, 1.165) is 71.9 Å². The normalized spacial score (nSPS) is 16.7. The first-order valence-electron chi connectivity index (χ1n) is 11.4. The molecule has 7 heteroatoms. The number of amides is 1. The van der Waals surface area contributed by atoms with Gasteiger partial charge < -0.3 is 9.30 Å². The minimum atomic E-state index is 0.0780. The van der Waals surface area contributed by atoms with Gasteiger partial charge >= 0.3 is 0 Å². The van der Waals surface area contributed by atoms with Gasteiger partial charge in [-0.3, -0.25) is 9.80 Å². The summed E-state index contributed by atoms with van der Waals surface area (Å²) >= 11 is 12.9. The van der Waals surface area contributed by atoms with Crippen molar-refractivity contribution >= 4 is 29.1 Å². The van der Waals surface area contributed by atoms with Crippen LogP contribution in [0.25, 0.3) is 16.9 Å². The number of aromatic nitrogens is 1. The second-order valence-corrected chi connectivity index (χ2v) is 9.49. The fourth-order valence-electron chi connectivity index (χ4n) is 5.12. The molecule has 0 aliphatic carbocycles. The lowest BCUT2D eigenvalue weighted by Gasteiger charge is -2.39. The van der Waals surface area contributed by atoms with Crippen LogP contribution in [-0.2, 0) is 6.42 Å². The second-order valence-electron chi connectivity index (χ2n) is 8.65. The Balaban J connectivity index is 1.69. The van der Waals surface area contributed by atoms with Gasteiger partial charge in [-0.1, -0.05) is 29.6 Å². The van der Waals surface area contributed by atoms with Crippen LogP contribution >= 0.6 is 23.2 Å². The van der Waals surface area contributed by atoms with Crippen LogP contribution in [0, 0.1) is 6.92 Å². The Bertz CT molecular complexity index is 1200. The van der Waals surface area contributed by atoms with Crippen molar-refractivity contribution < 1.29 is 9.53 Å². The Hall–Kier alpha value is -2.47. The maximum atomic E-state index is 13.8. The highest BCUT2D eigenvalue weighted by Crippen LogP contribution is 2.40. The minimum Gasteiger partial charge on any atom is -0.497 e. The van der Waals surface area contributed by atoms with E-state index < -0.39 is 0 Å². The summed E-state index contributed by atoms with van der Waals surface area (Å²) in [5.41, 5.74) is 5.56. The van der Waals surface area contributed by atoms with Gasteiger partial charge in [0.2, 0.25) is 0 Å². The smallest absolute Gasteiger partial charge is 0.270 e. The molecule has 0 unspecified atom stereocenters. The Labute approximate surface area is 204 Å². The number of hydrazine groups is 1. The van der Waals surface area contributed by atoms with Crippen molar-refractivity contribution in [2.24, 2.45) is 0 Å². The summed E-state index contributed by atoms with van der Waals surface area (Å²) < 4.78 is 7.50. The molecule has 5 nitrogen and oxygen atoms in total. The zero-order valence-electron chi connectivity index (χ0n) is 18.9. The van der Waals surface area contributed by atoms with Crippen LogP contribution in [0.3, 0.4) is 0 Å². The molecule has 33 heavy (non-hydrogen) atoms. The third-order valence-electron chi connectivity index (χ3n) is 6.71. The number of hydrogen-bond acceptors (Lipinski definition) is 3. The van der Waals surface area contributed by atoms with E-state index >= 15 is 0 Å². The van der Waals surface area contributed by atoms with E-state index in [9.17, 15) is 4.79 Å². The van der Waals surface area contributed by atoms with Crippen molar-refractivity contribution in [3.8, 4) is 22.7 Å². The minimum absolute atomic E-state index is 0.0780. The molecule has 0 N–H and O–H groups in total.